The van der Waals surface area contributed by atoms with E-state index >= 15 is 0 Å². The van der Waals surface area contributed by atoms with Gasteiger partial charge in [0.1, 0.15) is 11.6 Å². The first kappa shape index (κ1) is 21.3. The molecule has 1 aromatic carbocycles. The second-order valence-corrected chi connectivity index (χ2v) is 6.03. The molecule has 1 aliphatic heterocycles. The second kappa shape index (κ2) is 9.81. The monoisotopic (exact) mass is 492 g/mol. The molecule has 7 nitrogen and oxygen atoms in total. The van der Waals surface area contributed by atoms with Crippen LogP contribution in [0.3, 0.4) is 0 Å². The van der Waals surface area contributed by atoms with Crippen LogP contribution >= 0.6 is 24.0 Å². The molecule has 0 atom stereocenters. The van der Waals surface area contributed by atoms with Gasteiger partial charge in [-0.05, 0) is 19.1 Å². The molecule has 0 amide bonds. The summed E-state index contributed by atoms with van der Waals surface area (Å²) in [6, 6.07) is 3.53. The fourth-order valence-electron chi connectivity index (χ4n) is 2.94. The molecule has 3 rings (SSSR count). The maximum atomic E-state index is 13.9. The van der Waals surface area contributed by atoms with Crippen molar-refractivity contribution in [3.05, 3.63) is 41.5 Å². The van der Waals surface area contributed by atoms with Crippen LogP contribution in [0.15, 0.2) is 27.7 Å². The zero-order chi connectivity index (χ0) is 18.5. The number of hydrogen-bond donors (Lipinski definition) is 1. The first-order chi connectivity index (χ1) is 12.6. The maximum absolute atomic E-state index is 13.9. The SMILES string of the molecule is CN=C(NCCc1nc(C)no1)N1CCN(c2cc(F)ccc2F)CC1.I. The number of halogens is 3. The van der Waals surface area contributed by atoms with Crippen LogP contribution < -0.4 is 10.2 Å². The van der Waals surface area contributed by atoms with Crippen LogP contribution in [-0.4, -0.2) is 60.8 Å². The zero-order valence-electron chi connectivity index (χ0n) is 15.3. The number of anilines is 1. The number of aryl methyl sites for hydroxylation is 1. The summed E-state index contributed by atoms with van der Waals surface area (Å²) in [6.45, 7) is 4.89. The molecule has 0 bridgehead atoms. The minimum Gasteiger partial charge on any atom is -0.366 e. The summed E-state index contributed by atoms with van der Waals surface area (Å²) in [5.41, 5.74) is 0.305. The highest BCUT2D eigenvalue weighted by Crippen LogP contribution is 2.21. The summed E-state index contributed by atoms with van der Waals surface area (Å²) in [4.78, 5) is 12.4. The van der Waals surface area contributed by atoms with E-state index in [4.69, 9.17) is 4.52 Å². The first-order valence-corrected chi connectivity index (χ1v) is 8.51. The molecule has 1 N–H and O–H groups in total. The number of nitrogens with zero attached hydrogens (tertiary/aromatic N) is 5. The first-order valence-electron chi connectivity index (χ1n) is 8.51. The fraction of sp³-hybridized carbons (Fsp3) is 0.471. The number of guanidine groups is 1. The van der Waals surface area contributed by atoms with Gasteiger partial charge in [0.25, 0.3) is 0 Å². The van der Waals surface area contributed by atoms with Gasteiger partial charge in [-0.3, -0.25) is 4.99 Å². The number of benzene rings is 1. The molecule has 27 heavy (non-hydrogen) atoms. The highest BCUT2D eigenvalue weighted by Gasteiger charge is 2.22. The Bertz CT molecular complexity index is 777. The number of hydrogen-bond acceptors (Lipinski definition) is 5. The number of aromatic nitrogens is 2. The number of piperazine rings is 1. The van der Waals surface area contributed by atoms with E-state index in [9.17, 15) is 8.78 Å². The van der Waals surface area contributed by atoms with E-state index in [1.807, 2.05) is 4.90 Å². The van der Waals surface area contributed by atoms with Crippen molar-refractivity contribution in [1.82, 2.24) is 20.4 Å². The predicted octanol–water partition coefficient (Wildman–Crippen LogP) is 2.21. The maximum Gasteiger partial charge on any atom is 0.228 e. The minimum atomic E-state index is -0.433. The van der Waals surface area contributed by atoms with Crippen LogP contribution in [0.2, 0.25) is 0 Å². The minimum absolute atomic E-state index is 0. The van der Waals surface area contributed by atoms with Crippen molar-refractivity contribution < 1.29 is 13.3 Å². The smallest absolute Gasteiger partial charge is 0.228 e. The third-order valence-corrected chi connectivity index (χ3v) is 4.23. The van der Waals surface area contributed by atoms with Gasteiger partial charge in [-0.25, -0.2) is 8.78 Å². The van der Waals surface area contributed by atoms with Gasteiger partial charge in [-0.2, -0.15) is 4.98 Å². The van der Waals surface area contributed by atoms with E-state index in [1.54, 1.807) is 14.0 Å². The van der Waals surface area contributed by atoms with Gasteiger partial charge in [0.05, 0.1) is 5.69 Å². The summed E-state index contributed by atoms with van der Waals surface area (Å²) in [5, 5.41) is 7.02. The van der Waals surface area contributed by atoms with E-state index in [0.717, 1.165) is 18.1 Å². The molecule has 1 aromatic heterocycles. The summed E-state index contributed by atoms with van der Waals surface area (Å²) < 4.78 is 32.4. The third kappa shape index (κ3) is 5.50. The molecule has 10 heteroatoms. The third-order valence-electron chi connectivity index (χ3n) is 4.23. The van der Waals surface area contributed by atoms with E-state index in [1.165, 1.54) is 6.07 Å². The average molecular weight is 492 g/mol. The normalized spacial score (nSPS) is 14.9. The van der Waals surface area contributed by atoms with E-state index in [-0.39, 0.29) is 24.0 Å². The number of rotatable bonds is 4. The molecular formula is C17H23F2IN6O. The van der Waals surface area contributed by atoms with Crippen molar-refractivity contribution in [3.63, 3.8) is 0 Å². The van der Waals surface area contributed by atoms with Crippen LogP contribution in [-0.2, 0) is 6.42 Å². The van der Waals surface area contributed by atoms with Crippen LogP contribution in [0.25, 0.3) is 0 Å². The van der Waals surface area contributed by atoms with Crippen LogP contribution in [0, 0.1) is 18.6 Å². The molecule has 0 radical (unpaired) electrons. The highest BCUT2D eigenvalue weighted by molar-refractivity contribution is 14.0. The van der Waals surface area contributed by atoms with E-state index in [2.05, 4.69) is 25.3 Å². The molecule has 1 fully saturated rings. The van der Waals surface area contributed by atoms with E-state index < -0.39 is 11.6 Å². The van der Waals surface area contributed by atoms with Crippen molar-refractivity contribution in [2.24, 2.45) is 4.99 Å². The summed E-state index contributed by atoms with van der Waals surface area (Å²) in [5.74, 6) is 1.12. The van der Waals surface area contributed by atoms with Gasteiger partial charge in [-0.15, -0.1) is 24.0 Å². The lowest BCUT2D eigenvalue weighted by atomic mass is 10.2. The van der Waals surface area contributed by atoms with Crippen molar-refractivity contribution in [1.29, 1.82) is 0 Å². The predicted molar refractivity (Wildman–Crippen MR) is 110 cm³/mol. The van der Waals surface area contributed by atoms with E-state index in [0.29, 0.717) is 56.5 Å². The topological polar surface area (TPSA) is 69.8 Å². The largest absolute Gasteiger partial charge is 0.366 e. The molecule has 2 heterocycles. The van der Waals surface area contributed by atoms with Gasteiger partial charge < -0.3 is 19.6 Å². The Morgan fingerprint density at radius 2 is 2.00 bits per heavy atom. The van der Waals surface area contributed by atoms with Crippen molar-refractivity contribution in [2.75, 3.05) is 44.7 Å². The summed E-state index contributed by atoms with van der Waals surface area (Å²) >= 11 is 0. The number of nitrogens with one attached hydrogen (secondary N) is 1. The lowest BCUT2D eigenvalue weighted by molar-refractivity contribution is 0.362. The summed E-state index contributed by atoms with van der Waals surface area (Å²) in [7, 11) is 1.72. The van der Waals surface area contributed by atoms with Crippen LogP contribution in [0.1, 0.15) is 11.7 Å². The Hall–Kier alpha value is -1.98. The van der Waals surface area contributed by atoms with Crippen molar-refractivity contribution in [3.8, 4) is 0 Å². The molecular weight excluding hydrogens is 469 g/mol. The fourth-order valence-corrected chi connectivity index (χ4v) is 2.94. The second-order valence-electron chi connectivity index (χ2n) is 6.03. The Morgan fingerprint density at radius 3 is 2.63 bits per heavy atom. The Labute approximate surface area is 173 Å². The Balaban J connectivity index is 0.00000261. The van der Waals surface area contributed by atoms with Crippen LogP contribution in [0.5, 0.6) is 0 Å². The highest BCUT2D eigenvalue weighted by atomic mass is 127. The molecule has 0 aliphatic carbocycles. The van der Waals surface area contributed by atoms with Gasteiger partial charge >= 0.3 is 0 Å². The lowest BCUT2D eigenvalue weighted by Crippen LogP contribution is -2.53. The lowest BCUT2D eigenvalue weighted by Gasteiger charge is -2.37. The molecule has 0 saturated carbocycles. The quantitative estimate of drug-likeness (QED) is 0.401. The Morgan fingerprint density at radius 1 is 1.26 bits per heavy atom. The number of aliphatic imine (C=N–C) groups is 1. The van der Waals surface area contributed by atoms with Crippen molar-refractivity contribution >= 4 is 35.6 Å². The van der Waals surface area contributed by atoms with Gasteiger partial charge in [-0.1, -0.05) is 5.16 Å². The molecule has 0 spiro atoms. The average Bonchev–Trinajstić information content (AvgIpc) is 3.06. The van der Waals surface area contributed by atoms with Gasteiger partial charge in [0.2, 0.25) is 5.89 Å². The molecule has 2 aromatic rings. The van der Waals surface area contributed by atoms with Gasteiger partial charge in [0, 0.05) is 52.3 Å². The zero-order valence-corrected chi connectivity index (χ0v) is 17.6. The Kier molecular flexibility index (Phi) is 7.75. The standard InChI is InChI=1S/C17H22F2N6O.HI/c1-12-22-16(26-23-12)5-6-21-17(20-2)25-9-7-24(8-10-25)15-11-13(18)3-4-14(15)19;/h3-4,11H,5-10H2,1-2H3,(H,20,21);1H. The molecule has 0 unspecified atom stereocenters. The van der Waals surface area contributed by atoms with Gasteiger partial charge in [0.15, 0.2) is 11.8 Å². The molecule has 1 saturated heterocycles. The van der Waals surface area contributed by atoms with Crippen molar-refractivity contribution in [2.45, 2.75) is 13.3 Å². The molecule has 148 valence electrons. The summed E-state index contributed by atoms with van der Waals surface area (Å²) in [6.07, 6.45) is 0.605. The molecule has 1 aliphatic rings. The van der Waals surface area contributed by atoms with Crippen LogP contribution in [0.4, 0.5) is 14.5 Å².